The summed E-state index contributed by atoms with van der Waals surface area (Å²) in [6.45, 7) is 1.95. The van der Waals surface area contributed by atoms with Crippen molar-refractivity contribution in [3.05, 3.63) is 29.0 Å². The predicted octanol–water partition coefficient (Wildman–Crippen LogP) is 1.26. The van der Waals surface area contributed by atoms with Crippen molar-refractivity contribution in [1.82, 2.24) is 10.4 Å². The lowest BCUT2D eigenvalue weighted by Gasteiger charge is -2.08. The highest BCUT2D eigenvalue weighted by molar-refractivity contribution is 6.29. The summed E-state index contributed by atoms with van der Waals surface area (Å²) in [5.74, 6) is 5.23. The Morgan fingerprint density at radius 2 is 2.36 bits per heavy atom. The maximum atomic E-state index is 5.60. The fraction of sp³-hybridized carbons (Fsp3) is 0.286. The molecule has 1 unspecified atom stereocenters. The molecule has 1 heterocycles. The number of nitrogens with two attached hydrogens (primary N) is 1. The number of aromatic nitrogens is 1. The molecule has 1 aromatic rings. The average molecular weight is 172 g/mol. The molecule has 0 saturated heterocycles. The van der Waals surface area contributed by atoms with Gasteiger partial charge in [0.15, 0.2) is 0 Å². The number of nitrogens with zero attached hydrogens (tertiary/aromatic N) is 1. The van der Waals surface area contributed by atoms with E-state index in [0.29, 0.717) is 5.15 Å². The molecule has 0 amide bonds. The molecule has 1 atom stereocenters. The summed E-state index contributed by atoms with van der Waals surface area (Å²) in [4.78, 5) is 3.92. The minimum Gasteiger partial charge on any atom is -0.271 e. The summed E-state index contributed by atoms with van der Waals surface area (Å²) in [5.41, 5.74) is 3.64. The monoisotopic (exact) mass is 171 g/mol. The maximum Gasteiger partial charge on any atom is 0.129 e. The third kappa shape index (κ3) is 2.15. The molecule has 4 heteroatoms. The lowest BCUT2D eigenvalue weighted by Crippen LogP contribution is -2.25. The largest absolute Gasteiger partial charge is 0.271 e. The Hall–Kier alpha value is -0.640. The zero-order valence-corrected chi connectivity index (χ0v) is 6.97. The van der Waals surface area contributed by atoms with E-state index in [1.54, 1.807) is 12.3 Å². The first-order valence-corrected chi connectivity index (χ1v) is 3.69. The fourth-order valence-corrected chi connectivity index (χ4v) is 0.851. The Morgan fingerprint density at radius 3 is 2.82 bits per heavy atom. The molecule has 1 aromatic heterocycles. The van der Waals surface area contributed by atoms with E-state index >= 15 is 0 Å². The van der Waals surface area contributed by atoms with Gasteiger partial charge in [0.2, 0.25) is 0 Å². The molecule has 0 radical (unpaired) electrons. The van der Waals surface area contributed by atoms with Gasteiger partial charge >= 0.3 is 0 Å². The zero-order chi connectivity index (χ0) is 8.27. The highest BCUT2D eigenvalue weighted by atomic mass is 35.5. The highest BCUT2D eigenvalue weighted by Crippen LogP contribution is 2.11. The zero-order valence-electron chi connectivity index (χ0n) is 6.21. The number of halogens is 1. The molecule has 1 rings (SSSR count). The lowest BCUT2D eigenvalue weighted by atomic mass is 10.2. The van der Waals surface area contributed by atoms with Crippen molar-refractivity contribution in [3.8, 4) is 0 Å². The summed E-state index contributed by atoms with van der Waals surface area (Å²) in [5, 5.41) is 0.498. The number of rotatable bonds is 2. The molecule has 0 saturated carbocycles. The van der Waals surface area contributed by atoms with Gasteiger partial charge in [0, 0.05) is 12.2 Å². The van der Waals surface area contributed by atoms with Gasteiger partial charge in [0.25, 0.3) is 0 Å². The fourth-order valence-electron chi connectivity index (χ4n) is 0.740. The van der Waals surface area contributed by atoms with Crippen LogP contribution in [0.1, 0.15) is 18.5 Å². The molecular weight excluding hydrogens is 162 g/mol. The van der Waals surface area contributed by atoms with E-state index in [4.69, 9.17) is 17.4 Å². The van der Waals surface area contributed by atoms with E-state index in [9.17, 15) is 0 Å². The van der Waals surface area contributed by atoms with E-state index < -0.39 is 0 Å². The minimum absolute atomic E-state index is 0.111. The van der Waals surface area contributed by atoms with Crippen molar-refractivity contribution >= 4 is 11.6 Å². The second-order valence-electron chi connectivity index (χ2n) is 2.30. The average Bonchev–Trinajstić information content (AvgIpc) is 2.05. The Bertz CT molecular complexity index is 222. The van der Waals surface area contributed by atoms with Crippen LogP contribution >= 0.6 is 11.6 Å². The second-order valence-corrected chi connectivity index (χ2v) is 2.69. The molecule has 3 nitrogen and oxygen atoms in total. The molecule has 0 bridgehead atoms. The first-order chi connectivity index (χ1) is 5.24. The number of nitrogens with one attached hydrogen (secondary N) is 1. The van der Waals surface area contributed by atoms with Gasteiger partial charge in [-0.25, -0.2) is 4.98 Å². The van der Waals surface area contributed by atoms with Crippen LogP contribution in [0, 0.1) is 0 Å². The van der Waals surface area contributed by atoms with Gasteiger partial charge in [0.1, 0.15) is 5.15 Å². The molecule has 11 heavy (non-hydrogen) atoms. The molecule has 0 fully saturated rings. The van der Waals surface area contributed by atoms with E-state index in [1.807, 2.05) is 13.0 Å². The molecule has 0 aliphatic heterocycles. The first-order valence-electron chi connectivity index (χ1n) is 3.31. The Balaban J connectivity index is 2.81. The third-order valence-corrected chi connectivity index (χ3v) is 1.72. The Morgan fingerprint density at radius 1 is 1.64 bits per heavy atom. The summed E-state index contributed by atoms with van der Waals surface area (Å²) in [6.07, 6.45) is 1.70. The standard InChI is InChI=1S/C7H10ClN3/c1-5(11-9)6-2-3-7(8)10-4-6/h2-5,11H,9H2,1H3. The predicted molar refractivity (Wildman–Crippen MR) is 45.0 cm³/mol. The number of hydrogen-bond acceptors (Lipinski definition) is 3. The van der Waals surface area contributed by atoms with Crippen LogP contribution in [0.4, 0.5) is 0 Å². The van der Waals surface area contributed by atoms with Gasteiger partial charge in [-0.1, -0.05) is 17.7 Å². The Labute approximate surface area is 70.5 Å². The Kier molecular flexibility index (Phi) is 2.82. The molecule has 0 aromatic carbocycles. The molecular formula is C7H10ClN3. The number of hydrogen-bond donors (Lipinski definition) is 2. The molecule has 60 valence electrons. The van der Waals surface area contributed by atoms with Gasteiger partial charge in [0.05, 0.1) is 0 Å². The summed E-state index contributed by atoms with van der Waals surface area (Å²) in [7, 11) is 0. The van der Waals surface area contributed by atoms with Crippen molar-refractivity contribution in [2.75, 3.05) is 0 Å². The smallest absolute Gasteiger partial charge is 0.129 e. The van der Waals surface area contributed by atoms with Crippen LogP contribution < -0.4 is 11.3 Å². The van der Waals surface area contributed by atoms with Crippen LogP contribution in [0.25, 0.3) is 0 Å². The van der Waals surface area contributed by atoms with E-state index in [2.05, 4.69) is 10.4 Å². The van der Waals surface area contributed by atoms with Gasteiger partial charge < -0.3 is 0 Å². The topological polar surface area (TPSA) is 50.9 Å². The van der Waals surface area contributed by atoms with Crippen LogP contribution in [0.3, 0.4) is 0 Å². The van der Waals surface area contributed by atoms with Crippen LogP contribution in [-0.4, -0.2) is 4.98 Å². The summed E-state index contributed by atoms with van der Waals surface area (Å²) < 4.78 is 0. The number of pyridine rings is 1. The number of hydrazine groups is 1. The third-order valence-electron chi connectivity index (χ3n) is 1.50. The second kappa shape index (κ2) is 3.67. The van der Waals surface area contributed by atoms with Crippen LogP contribution in [0.2, 0.25) is 5.15 Å². The van der Waals surface area contributed by atoms with Crippen LogP contribution in [0.15, 0.2) is 18.3 Å². The van der Waals surface area contributed by atoms with E-state index in [1.165, 1.54) is 0 Å². The highest BCUT2D eigenvalue weighted by Gasteiger charge is 2.01. The van der Waals surface area contributed by atoms with Crippen LogP contribution in [-0.2, 0) is 0 Å². The normalized spacial score (nSPS) is 13.0. The van der Waals surface area contributed by atoms with Crippen molar-refractivity contribution in [2.24, 2.45) is 5.84 Å². The van der Waals surface area contributed by atoms with Crippen molar-refractivity contribution in [2.45, 2.75) is 13.0 Å². The SMILES string of the molecule is CC(NN)c1ccc(Cl)nc1. The van der Waals surface area contributed by atoms with Gasteiger partial charge in [-0.3, -0.25) is 11.3 Å². The van der Waals surface area contributed by atoms with Gasteiger partial charge in [-0.05, 0) is 18.6 Å². The van der Waals surface area contributed by atoms with Crippen molar-refractivity contribution in [1.29, 1.82) is 0 Å². The lowest BCUT2D eigenvalue weighted by molar-refractivity contribution is 0.600. The quantitative estimate of drug-likeness (QED) is 0.400. The van der Waals surface area contributed by atoms with E-state index in [0.717, 1.165) is 5.56 Å². The molecule has 0 aliphatic rings. The van der Waals surface area contributed by atoms with E-state index in [-0.39, 0.29) is 6.04 Å². The van der Waals surface area contributed by atoms with Crippen molar-refractivity contribution in [3.63, 3.8) is 0 Å². The molecule has 0 aliphatic carbocycles. The maximum absolute atomic E-state index is 5.60. The molecule has 3 N–H and O–H groups in total. The molecule has 0 spiro atoms. The van der Waals surface area contributed by atoms with Crippen LogP contribution in [0.5, 0.6) is 0 Å². The van der Waals surface area contributed by atoms with Crippen molar-refractivity contribution < 1.29 is 0 Å². The van der Waals surface area contributed by atoms with Gasteiger partial charge in [-0.2, -0.15) is 0 Å². The summed E-state index contributed by atoms with van der Waals surface area (Å²) in [6, 6.07) is 3.74. The first kappa shape index (κ1) is 8.46. The summed E-state index contributed by atoms with van der Waals surface area (Å²) >= 11 is 5.60. The minimum atomic E-state index is 0.111. The van der Waals surface area contributed by atoms with Gasteiger partial charge in [-0.15, -0.1) is 0 Å².